The Bertz CT molecular complexity index is 564. The summed E-state index contributed by atoms with van der Waals surface area (Å²) in [5.41, 5.74) is 8.62. The van der Waals surface area contributed by atoms with Crippen LogP contribution in [0.3, 0.4) is 0 Å². The Morgan fingerprint density at radius 2 is 1.95 bits per heavy atom. The summed E-state index contributed by atoms with van der Waals surface area (Å²) in [5, 5.41) is 0. The third kappa shape index (κ3) is 1.96. The molecule has 2 N–H and O–H groups in total. The molecule has 0 saturated heterocycles. The zero-order chi connectivity index (χ0) is 13.3. The van der Waals surface area contributed by atoms with Gasteiger partial charge in [-0.1, -0.05) is 31.4 Å². The van der Waals surface area contributed by atoms with Crippen LogP contribution in [0, 0.1) is 0 Å². The summed E-state index contributed by atoms with van der Waals surface area (Å²) in [6.07, 6.45) is 6.28. The van der Waals surface area contributed by atoms with Crippen molar-refractivity contribution in [1.82, 2.24) is 9.55 Å². The normalized spacial score (nSPS) is 18.8. The number of imidazole rings is 1. The van der Waals surface area contributed by atoms with Gasteiger partial charge in [0.25, 0.3) is 0 Å². The van der Waals surface area contributed by atoms with Gasteiger partial charge in [0.1, 0.15) is 5.82 Å². The third-order valence-corrected chi connectivity index (χ3v) is 4.65. The van der Waals surface area contributed by atoms with Gasteiger partial charge >= 0.3 is 0 Å². The molecule has 3 rings (SSSR count). The van der Waals surface area contributed by atoms with E-state index in [1.54, 1.807) is 0 Å². The number of rotatable bonds is 3. The van der Waals surface area contributed by atoms with E-state index in [1.807, 2.05) is 0 Å². The number of fused-ring (bicyclic) bond motifs is 1. The van der Waals surface area contributed by atoms with Crippen LogP contribution in [-0.4, -0.2) is 16.1 Å². The summed E-state index contributed by atoms with van der Waals surface area (Å²) in [7, 11) is 0. The minimum absolute atomic E-state index is 0.104. The molecule has 1 aromatic heterocycles. The van der Waals surface area contributed by atoms with E-state index in [2.05, 4.69) is 35.8 Å². The highest BCUT2D eigenvalue weighted by molar-refractivity contribution is 5.76. The minimum atomic E-state index is 0.104. The average molecular weight is 257 g/mol. The lowest BCUT2D eigenvalue weighted by molar-refractivity contribution is 0.278. The molecule has 0 radical (unpaired) electrons. The fourth-order valence-corrected chi connectivity index (χ4v) is 3.55. The molecule has 0 bridgehead atoms. The second-order valence-electron chi connectivity index (χ2n) is 5.71. The molecule has 1 fully saturated rings. The highest BCUT2D eigenvalue weighted by atomic mass is 15.1. The molecule has 3 heteroatoms. The van der Waals surface area contributed by atoms with Crippen LogP contribution in [0.1, 0.15) is 44.9 Å². The fourth-order valence-electron chi connectivity index (χ4n) is 3.55. The zero-order valence-electron chi connectivity index (χ0n) is 11.7. The van der Waals surface area contributed by atoms with Gasteiger partial charge in [0.15, 0.2) is 0 Å². The van der Waals surface area contributed by atoms with Gasteiger partial charge in [0.2, 0.25) is 0 Å². The number of hydrogen-bond donors (Lipinski definition) is 1. The number of para-hydroxylation sites is 2. The van der Waals surface area contributed by atoms with Gasteiger partial charge in [-0.05, 0) is 31.9 Å². The Morgan fingerprint density at radius 3 is 2.63 bits per heavy atom. The van der Waals surface area contributed by atoms with E-state index < -0.39 is 0 Å². The summed E-state index contributed by atoms with van der Waals surface area (Å²) in [6.45, 7) is 3.89. The lowest BCUT2D eigenvalue weighted by Crippen LogP contribution is -2.39. The van der Waals surface area contributed by atoms with Gasteiger partial charge in [-0.25, -0.2) is 4.98 Å². The monoisotopic (exact) mass is 257 g/mol. The summed E-state index contributed by atoms with van der Waals surface area (Å²) >= 11 is 0. The quantitative estimate of drug-likeness (QED) is 0.917. The van der Waals surface area contributed by atoms with E-state index in [0.717, 1.165) is 18.6 Å². The van der Waals surface area contributed by atoms with E-state index in [1.165, 1.54) is 43.4 Å². The van der Waals surface area contributed by atoms with Crippen molar-refractivity contribution in [3.05, 3.63) is 30.1 Å². The molecular formula is C16H23N3. The molecular weight excluding hydrogens is 234 g/mol. The largest absolute Gasteiger partial charge is 0.329 e. The van der Waals surface area contributed by atoms with Crippen LogP contribution < -0.4 is 5.73 Å². The number of aromatic nitrogens is 2. The number of nitrogens with zero attached hydrogens (tertiary/aromatic N) is 2. The first-order valence-electron chi connectivity index (χ1n) is 7.46. The zero-order valence-corrected chi connectivity index (χ0v) is 11.7. The lowest BCUT2D eigenvalue weighted by Gasteiger charge is -2.35. The van der Waals surface area contributed by atoms with Crippen molar-refractivity contribution in [1.29, 1.82) is 0 Å². The number of aryl methyl sites for hydroxylation is 1. The van der Waals surface area contributed by atoms with Crippen molar-refractivity contribution in [2.24, 2.45) is 5.73 Å². The second kappa shape index (κ2) is 4.97. The summed E-state index contributed by atoms with van der Waals surface area (Å²) in [6, 6.07) is 8.44. The molecule has 1 aliphatic rings. The van der Waals surface area contributed by atoms with E-state index in [0.29, 0.717) is 0 Å². The number of benzene rings is 1. The first-order chi connectivity index (χ1) is 9.30. The Kier molecular flexibility index (Phi) is 3.31. The smallest absolute Gasteiger partial charge is 0.117 e. The first-order valence-corrected chi connectivity index (χ1v) is 7.46. The predicted octanol–water partition coefficient (Wildman–Crippen LogP) is 3.22. The van der Waals surface area contributed by atoms with E-state index in [4.69, 9.17) is 10.7 Å². The SMILES string of the molecule is CCn1c(C2(CN)CCCCC2)nc2ccccc21. The molecule has 1 aromatic carbocycles. The topological polar surface area (TPSA) is 43.8 Å². The Hall–Kier alpha value is -1.35. The van der Waals surface area contributed by atoms with Gasteiger partial charge in [0.05, 0.1) is 11.0 Å². The van der Waals surface area contributed by atoms with Crippen molar-refractivity contribution in [3.63, 3.8) is 0 Å². The van der Waals surface area contributed by atoms with E-state index in [-0.39, 0.29) is 5.41 Å². The molecule has 3 nitrogen and oxygen atoms in total. The van der Waals surface area contributed by atoms with Crippen molar-refractivity contribution in [2.75, 3.05) is 6.54 Å². The second-order valence-corrected chi connectivity index (χ2v) is 5.71. The summed E-state index contributed by atoms with van der Waals surface area (Å²) in [5.74, 6) is 1.22. The van der Waals surface area contributed by atoms with Crippen molar-refractivity contribution in [2.45, 2.75) is 51.0 Å². The van der Waals surface area contributed by atoms with Crippen molar-refractivity contribution >= 4 is 11.0 Å². The molecule has 0 unspecified atom stereocenters. The van der Waals surface area contributed by atoms with Crippen LogP contribution in [0.25, 0.3) is 11.0 Å². The van der Waals surface area contributed by atoms with E-state index in [9.17, 15) is 0 Å². The molecule has 0 spiro atoms. The third-order valence-electron chi connectivity index (χ3n) is 4.65. The molecule has 102 valence electrons. The van der Waals surface area contributed by atoms with Gasteiger partial charge in [0, 0.05) is 18.5 Å². The highest BCUT2D eigenvalue weighted by Gasteiger charge is 2.36. The van der Waals surface area contributed by atoms with Crippen LogP contribution in [0.5, 0.6) is 0 Å². The maximum Gasteiger partial charge on any atom is 0.117 e. The first kappa shape index (κ1) is 12.7. The Labute approximate surface area is 114 Å². The molecule has 0 amide bonds. The Balaban J connectivity index is 2.17. The summed E-state index contributed by atoms with van der Waals surface area (Å²) in [4.78, 5) is 4.93. The maximum atomic E-state index is 6.16. The van der Waals surface area contributed by atoms with Crippen molar-refractivity contribution < 1.29 is 0 Å². The van der Waals surface area contributed by atoms with Crippen LogP contribution >= 0.6 is 0 Å². The number of nitrogens with two attached hydrogens (primary N) is 1. The highest BCUT2D eigenvalue weighted by Crippen LogP contribution is 2.39. The maximum absolute atomic E-state index is 6.16. The summed E-state index contributed by atoms with van der Waals surface area (Å²) < 4.78 is 2.37. The average Bonchev–Trinajstić information content (AvgIpc) is 2.87. The number of hydrogen-bond acceptors (Lipinski definition) is 2. The molecule has 2 aromatic rings. The van der Waals surface area contributed by atoms with Crippen LogP contribution in [0.15, 0.2) is 24.3 Å². The van der Waals surface area contributed by atoms with Crippen LogP contribution in [0.4, 0.5) is 0 Å². The molecule has 1 aliphatic carbocycles. The van der Waals surface area contributed by atoms with Crippen LogP contribution in [-0.2, 0) is 12.0 Å². The van der Waals surface area contributed by atoms with Gasteiger partial charge in [-0.15, -0.1) is 0 Å². The molecule has 0 aliphatic heterocycles. The fraction of sp³-hybridized carbons (Fsp3) is 0.562. The predicted molar refractivity (Wildman–Crippen MR) is 79.2 cm³/mol. The minimum Gasteiger partial charge on any atom is -0.329 e. The van der Waals surface area contributed by atoms with Gasteiger partial charge < -0.3 is 10.3 Å². The lowest BCUT2D eigenvalue weighted by atomic mass is 9.73. The van der Waals surface area contributed by atoms with Crippen molar-refractivity contribution in [3.8, 4) is 0 Å². The molecule has 19 heavy (non-hydrogen) atoms. The molecule has 1 saturated carbocycles. The molecule has 0 atom stereocenters. The van der Waals surface area contributed by atoms with Gasteiger partial charge in [-0.2, -0.15) is 0 Å². The Morgan fingerprint density at radius 1 is 1.21 bits per heavy atom. The van der Waals surface area contributed by atoms with E-state index >= 15 is 0 Å². The molecule has 1 heterocycles. The van der Waals surface area contributed by atoms with Gasteiger partial charge in [-0.3, -0.25) is 0 Å². The standard InChI is InChI=1S/C16H23N3/c1-2-19-14-9-5-4-8-13(14)18-15(19)16(12-17)10-6-3-7-11-16/h4-5,8-9H,2-3,6-7,10-12,17H2,1H3. The van der Waals surface area contributed by atoms with Crippen LogP contribution in [0.2, 0.25) is 0 Å².